The summed E-state index contributed by atoms with van der Waals surface area (Å²) in [6.07, 6.45) is 1.73. The highest BCUT2D eigenvalue weighted by Crippen LogP contribution is 2.11. The van der Waals surface area contributed by atoms with Crippen molar-refractivity contribution in [2.45, 2.75) is 32.7 Å². The van der Waals surface area contributed by atoms with Crippen molar-refractivity contribution in [1.29, 1.82) is 5.26 Å². The molecule has 0 fully saturated rings. The van der Waals surface area contributed by atoms with Gasteiger partial charge in [0.25, 0.3) is 0 Å². The van der Waals surface area contributed by atoms with Gasteiger partial charge in [-0.2, -0.15) is 5.26 Å². The maximum absolute atomic E-state index is 13.0. The van der Waals surface area contributed by atoms with Crippen LogP contribution in [0.3, 0.4) is 0 Å². The minimum absolute atomic E-state index is 0.192. The van der Waals surface area contributed by atoms with Crippen LogP contribution >= 0.6 is 0 Å². The molecule has 0 heterocycles. The van der Waals surface area contributed by atoms with Gasteiger partial charge in [-0.3, -0.25) is 4.79 Å². The second-order valence-corrected chi connectivity index (χ2v) is 4.92. The summed E-state index contributed by atoms with van der Waals surface area (Å²) >= 11 is 0. The van der Waals surface area contributed by atoms with Crippen LogP contribution in [0.2, 0.25) is 0 Å². The van der Waals surface area contributed by atoms with Gasteiger partial charge in [0.1, 0.15) is 5.82 Å². The van der Waals surface area contributed by atoms with E-state index >= 15 is 0 Å². The summed E-state index contributed by atoms with van der Waals surface area (Å²) in [5.41, 5.74) is 1.11. The Morgan fingerprint density at radius 3 is 2.90 bits per heavy atom. The molecule has 1 aromatic rings. The minimum Gasteiger partial charge on any atom is -0.481 e. The van der Waals surface area contributed by atoms with Gasteiger partial charge in [-0.05, 0) is 43.0 Å². The lowest BCUT2D eigenvalue weighted by Crippen LogP contribution is -2.18. The third-order valence-corrected chi connectivity index (χ3v) is 3.17. The van der Waals surface area contributed by atoms with E-state index in [0.29, 0.717) is 24.4 Å². The van der Waals surface area contributed by atoms with Gasteiger partial charge in [0.2, 0.25) is 0 Å². The number of nitrogens with one attached hydrogen (secondary N) is 1. The first kappa shape index (κ1) is 16.1. The van der Waals surface area contributed by atoms with Crippen molar-refractivity contribution >= 4 is 5.97 Å². The first-order chi connectivity index (χ1) is 9.52. The molecule has 2 N–H and O–H groups in total. The number of hydrogen-bond acceptors (Lipinski definition) is 3. The molecule has 0 aromatic heterocycles. The average Bonchev–Trinajstić information content (AvgIpc) is 2.42. The quantitative estimate of drug-likeness (QED) is 0.717. The Balaban J connectivity index is 2.31. The maximum Gasteiger partial charge on any atom is 0.303 e. The van der Waals surface area contributed by atoms with Gasteiger partial charge in [-0.1, -0.05) is 13.0 Å². The summed E-state index contributed by atoms with van der Waals surface area (Å²) in [6, 6.07) is 6.15. The number of halogens is 1. The predicted molar refractivity (Wildman–Crippen MR) is 73.5 cm³/mol. The number of rotatable bonds is 8. The number of nitriles is 1. The molecule has 0 aliphatic rings. The average molecular weight is 278 g/mol. The van der Waals surface area contributed by atoms with Crippen molar-refractivity contribution in [2.24, 2.45) is 5.92 Å². The fourth-order valence-electron chi connectivity index (χ4n) is 1.89. The highest BCUT2D eigenvalue weighted by molar-refractivity contribution is 5.66. The third kappa shape index (κ3) is 5.81. The third-order valence-electron chi connectivity index (χ3n) is 3.17. The Bertz CT molecular complexity index is 497. The molecule has 0 radical (unpaired) electrons. The van der Waals surface area contributed by atoms with Crippen molar-refractivity contribution in [2.75, 3.05) is 6.54 Å². The molecular formula is C15H19FN2O2. The Labute approximate surface area is 118 Å². The van der Waals surface area contributed by atoms with Crippen molar-refractivity contribution < 1.29 is 14.3 Å². The topological polar surface area (TPSA) is 73.1 Å². The second-order valence-electron chi connectivity index (χ2n) is 4.92. The molecule has 0 aliphatic carbocycles. The SMILES string of the molecule is CC(CCNCc1ccc(F)cc1C#N)CCC(=O)O. The lowest BCUT2D eigenvalue weighted by molar-refractivity contribution is -0.137. The van der Waals surface area contributed by atoms with Crippen molar-refractivity contribution in [3.05, 3.63) is 35.1 Å². The summed E-state index contributed by atoms with van der Waals surface area (Å²) in [7, 11) is 0. The molecule has 0 saturated heterocycles. The minimum atomic E-state index is -0.769. The zero-order chi connectivity index (χ0) is 15.0. The maximum atomic E-state index is 13.0. The highest BCUT2D eigenvalue weighted by atomic mass is 19.1. The van der Waals surface area contributed by atoms with Crippen LogP contribution in [0.1, 0.15) is 37.3 Å². The lowest BCUT2D eigenvalue weighted by atomic mass is 10.0. The van der Waals surface area contributed by atoms with Crippen LogP contribution < -0.4 is 5.32 Å². The van der Waals surface area contributed by atoms with Gasteiger partial charge in [0, 0.05) is 13.0 Å². The number of hydrogen-bond donors (Lipinski definition) is 2. The van der Waals surface area contributed by atoms with Gasteiger partial charge in [0.15, 0.2) is 0 Å². The lowest BCUT2D eigenvalue weighted by Gasteiger charge is -2.11. The van der Waals surface area contributed by atoms with E-state index < -0.39 is 11.8 Å². The zero-order valence-corrected chi connectivity index (χ0v) is 11.5. The van der Waals surface area contributed by atoms with E-state index in [1.165, 1.54) is 12.1 Å². The molecule has 1 aromatic carbocycles. The van der Waals surface area contributed by atoms with E-state index in [-0.39, 0.29) is 6.42 Å². The predicted octanol–water partition coefficient (Wildman–Crippen LogP) is 2.68. The monoisotopic (exact) mass is 278 g/mol. The van der Waals surface area contributed by atoms with Crippen molar-refractivity contribution in [1.82, 2.24) is 5.32 Å². The Morgan fingerprint density at radius 2 is 2.25 bits per heavy atom. The molecule has 1 unspecified atom stereocenters. The van der Waals surface area contributed by atoms with Crippen LogP contribution in [0, 0.1) is 23.1 Å². The van der Waals surface area contributed by atoms with Crippen LogP contribution in [0.5, 0.6) is 0 Å². The highest BCUT2D eigenvalue weighted by Gasteiger charge is 2.06. The molecule has 0 bridgehead atoms. The number of carbonyl (C=O) groups is 1. The van der Waals surface area contributed by atoms with Crippen LogP contribution in [0.15, 0.2) is 18.2 Å². The van der Waals surface area contributed by atoms with E-state index in [1.54, 1.807) is 6.07 Å². The fraction of sp³-hybridized carbons (Fsp3) is 0.467. The van der Waals surface area contributed by atoms with E-state index in [0.717, 1.165) is 18.5 Å². The molecule has 0 spiro atoms. The van der Waals surface area contributed by atoms with Gasteiger partial charge < -0.3 is 10.4 Å². The van der Waals surface area contributed by atoms with Crippen LogP contribution in [-0.4, -0.2) is 17.6 Å². The van der Waals surface area contributed by atoms with Crippen LogP contribution in [0.4, 0.5) is 4.39 Å². The Kier molecular flexibility index (Phi) is 6.68. The van der Waals surface area contributed by atoms with Gasteiger partial charge in [-0.25, -0.2) is 4.39 Å². The summed E-state index contributed by atoms with van der Waals surface area (Å²) in [5, 5.41) is 20.7. The number of aliphatic carboxylic acids is 1. The normalized spacial score (nSPS) is 11.8. The smallest absolute Gasteiger partial charge is 0.303 e. The first-order valence-corrected chi connectivity index (χ1v) is 6.64. The van der Waals surface area contributed by atoms with E-state index in [1.807, 2.05) is 13.0 Å². The molecule has 1 atom stereocenters. The molecule has 5 heteroatoms. The zero-order valence-electron chi connectivity index (χ0n) is 11.5. The Hall–Kier alpha value is -1.93. The van der Waals surface area contributed by atoms with Gasteiger partial charge in [-0.15, -0.1) is 0 Å². The first-order valence-electron chi connectivity index (χ1n) is 6.64. The Morgan fingerprint density at radius 1 is 1.50 bits per heavy atom. The van der Waals surface area contributed by atoms with Crippen LogP contribution in [-0.2, 0) is 11.3 Å². The molecule has 4 nitrogen and oxygen atoms in total. The number of benzene rings is 1. The summed E-state index contributed by atoms with van der Waals surface area (Å²) < 4.78 is 13.0. The van der Waals surface area contributed by atoms with Gasteiger partial charge in [0.05, 0.1) is 11.6 Å². The molecule has 0 saturated carbocycles. The number of nitrogens with zero attached hydrogens (tertiary/aromatic N) is 1. The van der Waals surface area contributed by atoms with Crippen molar-refractivity contribution in [3.8, 4) is 6.07 Å². The van der Waals surface area contributed by atoms with E-state index in [4.69, 9.17) is 10.4 Å². The molecule has 108 valence electrons. The molecular weight excluding hydrogens is 259 g/mol. The standard InChI is InChI=1S/C15H19FN2O2/c1-11(2-5-15(19)20)6-7-18-10-12-3-4-14(16)8-13(12)9-17/h3-4,8,11,18H,2,5-7,10H2,1H3,(H,19,20). The molecule has 0 aliphatic heterocycles. The van der Waals surface area contributed by atoms with Crippen LogP contribution in [0.25, 0.3) is 0 Å². The van der Waals surface area contributed by atoms with E-state index in [2.05, 4.69) is 5.32 Å². The number of carboxylic acid groups (broad SMARTS) is 1. The molecule has 0 amide bonds. The summed E-state index contributed by atoms with van der Waals surface area (Å²) in [4.78, 5) is 10.4. The van der Waals surface area contributed by atoms with E-state index in [9.17, 15) is 9.18 Å². The fourth-order valence-corrected chi connectivity index (χ4v) is 1.89. The second kappa shape index (κ2) is 8.28. The molecule has 1 rings (SSSR count). The van der Waals surface area contributed by atoms with Gasteiger partial charge >= 0.3 is 5.97 Å². The number of carboxylic acids is 1. The largest absolute Gasteiger partial charge is 0.481 e. The summed E-state index contributed by atoms with van der Waals surface area (Å²) in [6.45, 7) is 3.26. The molecule has 20 heavy (non-hydrogen) atoms. The summed E-state index contributed by atoms with van der Waals surface area (Å²) in [5.74, 6) is -0.843. The van der Waals surface area contributed by atoms with Crippen molar-refractivity contribution in [3.63, 3.8) is 0 Å².